The Morgan fingerprint density at radius 1 is 1.17 bits per heavy atom. The van der Waals surface area contributed by atoms with E-state index in [2.05, 4.69) is 11.7 Å². The zero-order valence-corrected chi connectivity index (χ0v) is 18.3. The molecule has 0 aromatic heterocycles. The Bertz CT molecular complexity index is 575. The minimum Gasteiger partial charge on any atom is -0.469 e. The van der Waals surface area contributed by atoms with E-state index in [-0.39, 0.29) is 24.6 Å². The molecule has 2 rings (SSSR count). The Balaban J connectivity index is 1.87. The first-order chi connectivity index (χ1) is 13.6. The number of hydrogen-bond donors (Lipinski definition) is 1. The van der Waals surface area contributed by atoms with Crippen molar-refractivity contribution in [2.24, 2.45) is 17.3 Å². The number of carbonyl (C=O) groups excluding carboxylic acids is 2. The number of alkyl halides is 2. The number of ketones is 1. The molecule has 0 aliphatic heterocycles. The number of unbranched alkanes of at least 4 members (excludes halogenated alkanes) is 5. The molecule has 0 heterocycles. The third-order valence-electron chi connectivity index (χ3n) is 7.26. The van der Waals surface area contributed by atoms with E-state index in [1.165, 1.54) is 7.11 Å². The van der Waals surface area contributed by atoms with Crippen LogP contribution >= 0.6 is 0 Å². The van der Waals surface area contributed by atoms with Gasteiger partial charge in [0.1, 0.15) is 5.78 Å². The second-order valence-electron chi connectivity index (χ2n) is 9.42. The second kappa shape index (κ2) is 9.84. The van der Waals surface area contributed by atoms with Crippen molar-refractivity contribution in [1.29, 1.82) is 0 Å². The van der Waals surface area contributed by atoms with Crippen LogP contribution in [0.4, 0.5) is 8.78 Å². The molecule has 2 aliphatic rings. The minimum atomic E-state index is -2.78. The maximum atomic E-state index is 14.7. The molecule has 1 unspecified atom stereocenters. The van der Waals surface area contributed by atoms with Gasteiger partial charge in [-0.25, -0.2) is 8.78 Å². The standard InChI is InChI=1S/C23H38F2O4/c1-4-5-10-13-21(2,28)14-15-22-17(18(26)16-19(22)23(22,24)25)11-8-6-7-9-12-20(27)29-3/h17,19,28H,4-16H2,1-3H3/t17-,19+,21?,22-/m0/s1. The van der Waals surface area contributed by atoms with Crippen molar-refractivity contribution in [1.82, 2.24) is 0 Å². The van der Waals surface area contributed by atoms with Gasteiger partial charge in [0.25, 0.3) is 5.92 Å². The Hall–Kier alpha value is -1.04. The van der Waals surface area contributed by atoms with E-state index in [9.17, 15) is 23.5 Å². The van der Waals surface area contributed by atoms with Gasteiger partial charge in [0, 0.05) is 24.7 Å². The van der Waals surface area contributed by atoms with Crippen LogP contribution in [0.5, 0.6) is 0 Å². The molecule has 29 heavy (non-hydrogen) atoms. The predicted octanol–water partition coefficient (Wildman–Crippen LogP) is 5.45. The quantitative estimate of drug-likeness (QED) is 0.302. The van der Waals surface area contributed by atoms with Gasteiger partial charge in [-0.1, -0.05) is 45.4 Å². The van der Waals surface area contributed by atoms with E-state index in [1.807, 2.05) is 0 Å². The van der Waals surface area contributed by atoms with Crippen LogP contribution < -0.4 is 0 Å². The van der Waals surface area contributed by atoms with Gasteiger partial charge in [-0.15, -0.1) is 0 Å². The largest absolute Gasteiger partial charge is 0.469 e. The smallest absolute Gasteiger partial charge is 0.305 e. The van der Waals surface area contributed by atoms with Gasteiger partial charge in [-0.05, 0) is 39.0 Å². The molecule has 0 aromatic carbocycles. The Labute approximate surface area is 173 Å². The normalized spacial score (nSPS) is 29.4. The van der Waals surface area contributed by atoms with Crippen LogP contribution in [-0.4, -0.2) is 35.5 Å². The number of ether oxygens (including phenoxy) is 1. The number of rotatable bonds is 14. The highest BCUT2D eigenvalue weighted by Crippen LogP contribution is 2.78. The molecule has 0 radical (unpaired) electrons. The third kappa shape index (κ3) is 5.36. The molecule has 4 atom stereocenters. The summed E-state index contributed by atoms with van der Waals surface area (Å²) in [5, 5.41) is 10.6. The number of esters is 1. The van der Waals surface area contributed by atoms with Gasteiger partial charge in [-0.3, -0.25) is 9.59 Å². The van der Waals surface area contributed by atoms with Gasteiger partial charge in [-0.2, -0.15) is 0 Å². The summed E-state index contributed by atoms with van der Waals surface area (Å²) in [5.74, 6) is -4.47. The summed E-state index contributed by atoms with van der Waals surface area (Å²) >= 11 is 0. The number of Topliss-reactive ketones (excluding diaryl/α,β-unsaturated/α-hetero) is 1. The van der Waals surface area contributed by atoms with Crippen LogP contribution in [-0.2, 0) is 14.3 Å². The van der Waals surface area contributed by atoms with Gasteiger partial charge < -0.3 is 9.84 Å². The van der Waals surface area contributed by atoms with Crippen LogP contribution in [0.1, 0.15) is 97.3 Å². The summed E-state index contributed by atoms with van der Waals surface area (Å²) in [6.07, 6.45) is 8.06. The fourth-order valence-electron chi connectivity index (χ4n) is 5.33. The first-order valence-corrected chi connectivity index (χ1v) is 11.3. The van der Waals surface area contributed by atoms with Crippen molar-refractivity contribution in [3.63, 3.8) is 0 Å². The van der Waals surface area contributed by atoms with E-state index in [0.717, 1.165) is 44.9 Å². The van der Waals surface area contributed by atoms with Crippen molar-refractivity contribution >= 4 is 11.8 Å². The highest BCUT2D eigenvalue weighted by atomic mass is 19.3. The van der Waals surface area contributed by atoms with E-state index >= 15 is 0 Å². The van der Waals surface area contributed by atoms with Gasteiger partial charge in [0.15, 0.2) is 0 Å². The molecule has 2 saturated carbocycles. The van der Waals surface area contributed by atoms with Gasteiger partial charge >= 0.3 is 5.97 Å². The first-order valence-electron chi connectivity index (χ1n) is 11.3. The number of carbonyl (C=O) groups is 2. The third-order valence-corrected chi connectivity index (χ3v) is 7.26. The number of halogens is 2. The average Bonchev–Trinajstić information content (AvgIpc) is 2.95. The molecule has 6 heteroatoms. The topological polar surface area (TPSA) is 63.6 Å². The number of hydrogen-bond acceptors (Lipinski definition) is 4. The lowest BCUT2D eigenvalue weighted by Gasteiger charge is -2.29. The summed E-state index contributed by atoms with van der Waals surface area (Å²) in [5.41, 5.74) is -2.18. The van der Waals surface area contributed by atoms with Crippen molar-refractivity contribution in [3.05, 3.63) is 0 Å². The molecule has 4 nitrogen and oxygen atoms in total. The highest BCUT2D eigenvalue weighted by molar-refractivity contribution is 5.87. The molecule has 2 fully saturated rings. The van der Waals surface area contributed by atoms with Crippen LogP contribution in [0.15, 0.2) is 0 Å². The summed E-state index contributed by atoms with van der Waals surface area (Å²) in [4.78, 5) is 23.6. The molecule has 0 amide bonds. The van der Waals surface area contributed by atoms with Crippen molar-refractivity contribution in [2.75, 3.05) is 7.11 Å². The van der Waals surface area contributed by atoms with Crippen molar-refractivity contribution in [3.8, 4) is 0 Å². The molecule has 168 valence electrons. The lowest BCUT2D eigenvalue weighted by molar-refractivity contribution is -0.140. The molecular formula is C23H38F2O4. The Morgan fingerprint density at radius 2 is 1.86 bits per heavy atom. The Kier molecular flexibility index (Phi) is 8.23. The molecular weight excluding hydrogens is 378 g/mol. The fraction of sp³-hybridized carbons (Fsp3) is 0.913. The zero-order valence-electron chi connectivity index (χ0n) is 18.3. The fourth-order valence-corrected chi connectivity index (χ4v) is 5.33. The van der Waals surface area contributed by atoms with E-state index in [1.54, 1.807) is 6.92 Å². The maximum absolute atomic E-state index is 14.7. The molecule has 0 aromatic rings. The summed E-state index contributed by atoms with van der Waals surface area (Å²) in [7, 11) is 1.36. The number of fused-ring (bicyclic) bond motifs is 1. The summed E-state index contributed by atoms with van der Waals surface area (Å²) in [6, 6.07) is 0. The molecule has 0 bridgehead atoms. The monoisotopic (exact) mass is 416 g/mol. The van der Waals surface area contributed by atoms with Crippen LogP contribution in [0.3, 0.4) is 0 Å². The molecule has 2 aliphatic carbocycles. The summed E-state index contributed by atoms with van der Waals surface area (Å²) < 4.78 is 34.0. The number of aliphatic hydroxyl groups is 1. The maximum Gasteiger partial charge on any atom is 0.305 e. The lowest BCUT2D eigenvalue weighted by atomic mass is 9.78. The number of methoxy groups -OCH3 is 1. The van der Waals surface area contributed by atoms with Gasteiger partial charge in [0.05, 0.1) is 18.1 Å². The van der Waals surface area contributed by atoms with E-state index < -0.39 is 28.8 Å². The SMILES string of the molecule is CCCCCC(C)(O)CC[C@]12[C@@H](CCCCCCC(=O)OC)C(=O)C[C@H]1C2(F)F. The van der Waals surface area contributed by atoms with E-state index in [4.69, 9.17) is 0 Å². The van der Waals surface area contributed by atoms with E-state index in [0.29, 0.717) is 25.7 Å². The van der Waals surface area contributed by atoms with Crippen LogP contribution in [0, 0.1) is 17.3 Å². The highest BCUT2D eigenvalue weighted by Gasteiger charge is 2.86. The van der Waals surface area contributed by atoms with Crippen molar-refractivity contribution in [2.45, 2.75) is 109 Å². The second-order valence-corrected chi connectivity index (χ2v) is 9.42. The molecule has 1 N–H and O–H groups in total. The molecule has 0 spiro atoms. The minimum absolute atomic E-state index is 0.0159. The first kappa shape index (κ1) is 24.2. The summed E-state index contributed by atoms with van der Waals surface area (Å²) in [6.45, 7) is 3.83. The molecule has 0 saturated heterocycles. The van der Waals surface area contributed by atoms with Crippen LogP contribution in [0.2, 0.25) is 0 Å². The zero-order chi connectivity index (χ0) is 21.7. The van der Waals surface area contributed by atoms with Gasteiger partial charge in [0.2, 0.25) is 0 Å². The average molecular weight is 417 g/mol. The van der Waals surface area contributed by atoms with Crippen LogP contribution in [0.25, 0.3) is 0 Å². The lowest BCUT2D eigenvalue weighted by Crippen LogP contribution is -2.31. The van der Waals surface area contributed by atoms with Crippen molar-refractivity contribution < 1.29 is 28.2 Å². The Morgan fingerprint density at radius 3 is 2.52 bits per heavy atom. The predicted molar refractivity (Wildman–Crippen MR) is 108 cm³/mol.